The maximum absolute atomic E-state index is 12.3. The third kappa shape index (κ3) is 2.30. The molecule has 6 nitrogen and oxygen atoms in total. The van der Waals surface area contributed by atoms with Gasteiger partial charge in [0.1, 0.15) is 0 Å². The number of anilines is 1. The predicted molar refractivity (Wildman–Crippen MR) is 65.4 cm³/mol. The Hall–Kier alpha value is -0.700. The lowest BCUT2D eigenvalue weighted by Crippen LogP contribution is -2.30. The molecule has 0 bridgehead atoms. The average molecular weight is 277 g/mol. The van der Waals surface area contributed by atoms with Crippen molar-refractivity contribution in [3.63, 3.8) is 0 Å². The van der Waals surface area contributed by atoms with Gasteiger partial charge in [-0.05, 0) is 13.3 Å². The van der Waals surface area contributed by atoms with Gasteiger partial charge in [-0.1, -0.05) is 11.3 Å². The number of nitrogens with zero attached hydrogens (tertiary/aromatic N) is 2. The van der Waals surface area contributed by atoms with Crippen LogP contribution in [0.2, 0.25) is 0 Å². The van der Waals surface area contributed by atoms with Crippen LogP contribution in [0.5, 0.6) is 0 Å². The number of nitrogens with two attached hydrogens (primary N) is 1. The summed E-state index contributed by atoms with van der Waals surface area (Å²) in [5, 5.41) is 0.281. The van der Waals surface area contributed by atoms with E-state index in [2.05, 4.69) is 4.98 Å². The Morgan fingerprint density at radius 1 is 1.59 bits per heavy atom. The summed E-state index contributed by atoms with van der Waals surface area (Å²) in [6.45, 7) is 2.54. The van der Waals surface area contributed by atoms with E-state index in [1.54, 1.807) is 14.0 Å². The molecular weight excluding hydrogens is 262 g/mol. The summed E-state index contributed by atoms with van der Waals surface area (Å²) in [6.07, 6.45) is 0.707. The van der Waals surface area contributed by atoms with Crippen molar-refractivity contribution in [2.24, 2.45) is 0 Å². The highest BCUT2D eigenvalue weighted by Gasteiger charge is 2.34. The summed E-state index contributed by atoms with van der Waals surface area (Å²) in [5.41, 5.74) is 5.99. The van der Waals surface area contributed by atoms with Crippen LogP contribution in [0.1, 0.15) is 12.1 Å². The Morgan fingerprint density at radius 2 is 2.29 bits per heavy atom. The summed E-state index contributed by atoms with van der Waals surface area (Å²) in [4.78, 5) is 3.95. The molecule has 2 rings (SSSR count). The van der Waals surface area contributed by atoms with Gasteiger partial charge in [-0.2, -0.15) is 4.31 Å². The van der Waals surface area contributed by atoms with E-state index in [0.717, 1.165) is 17.8 Å². The highest BCUT2D eigenvalue weighted by atomic mass is 32.2. The van der Waals surface area contributed by atoms with E-state index in [4.69, 9.17) is 10.5 Å². The van der Waals surface area contributed by atoms with Crippen LogP contribution >= 0.6 is 11.3 Å². The van der Waals surface area contributed by atoms with Crippen LogP contribution in [-0.2, 0) is 14.8 Å². The fourth-order valence-electron chi connectivity index (χ4n) is 1.87. The van der Waals surface area contributed by atoms with Crippen LogP contribution in [0.15, 0.2) is 4.21 Å². The highest BCUT2D eigenvalue weighted by molar-refractivity contribution is 7.91. The van der Waals surface area contributed by atoms with E-state index in [0.29, 0.717) is 18.8 Å². The van der Waals surface area contributed by atoms with Gasteiger partial charge in [0.05, 0.1) is 11.8 Å². The second kappa shape index (κ2) is 4.52. The summed E-state index contributed by atoms with van der Waals surface area (Å²) in [7, 11) is -1.87. The molecule has 1 aliphatic rings. The molecule has 0 aromatic carbocycles. The number of thiazole rings is 1. The third-order valence-corrected chi connectivity index (χ3v) is 6.22. The van der Waals surface area contributed by atoms with Crippen LogP contribution in [0.3, 0.4) is 0 Å². The predicted octanol–water partition coefficient (Wildman–Crippen LogP) is 0.443. The largest absolute Gasteiger partial charge is 0.380 e. The number of sulfonamides is 1. The van der Waals surface area contributed by atoms with Crippen molar-refractivity contribution in [2.45, 2.75) is 23.7 Å². The molecule has 2 heterocycles. The minimum atomic E-state index is -3.46. The number of hydrogen-bond donors (Lipinski definition) is 1. The monoisotopic (exact) mass is 277 g/mol. The molecular formula is C9H15N3O3S2. The molecule has 0 spiro atoms. The normalized spacial score (nSPS) is 22.1. The minimum absolute atomic E-state index is 0.0182. The molecule has 0 radical (unpaired) electrons. The van der Waals surface area contributed by atoms with E-state index in [1.165, 1.54) is 4.31 Å². The first-order valence-electron chi connectivity index (χ1n) is 5.21. The van der Waals surface area contributed by atoms with Crippen molar-refractivity contribution in [1.29, 1.82) is 0 Å². The number of aromatic nitrogens is 1. The lowest BCUT2D eigenvalue weighted by Gasteiger charge is -2.15. The second-order valence-corrected chi connectivity index (χ2v) is 7.10. The summed E-state index contributed by atoms with van der Waals surface area (Å²) >= 11 is 1.01. The van der Waals surface area contributed by atoms with Crippen molar-refractivity contribution in [3.8, 4) is 0 Å². The van der Waals surface area contributed by atoms with Crippen LogP contribution in [-0.4, -0.2) is 44.0 Å². The zero-order valence-corrected chi connectivity index (χ0v) is 11.3. The van der Waals surface area contributed by atoms with Crippen molar-refractivity contribution in [3.05, 3.63) is 5.69 Å². The lowest BCUT2D eigenvalue weighted by molar-refractivity contribution is 0.115. The van der Waals surface area contributed by atoms with E-state index >= 15 is 0 Å². The standard InChI is InChI=1S/C9H15N3O3S2/c1-6-8(16-9(10)11-6)17(13,14)12-4-3-7(5-12)15-2/h7H,3-5H2,1-2H3,(H2,10,11). The van der Waals surface area contributed by atoms with Crippen LogP contribution < -0.4 is 5.73 Å². The lowest BCUT2D eigenvalue weighted by atomic mass is 10.3. The van der Waals surface area contributed by atoms with Gasteiger partial charge in [0.25, 0.3) is 10.0 Å². The smallest absolute Gasteiger partial charge is 0.254 e. The zero-order chi connectivity index (χ0) is 12.6. The molecule has 1 aromatic rings. The van der Waals surface area contributed by atoms with Gasteiger partial charge in [-0.3, -0.25) is 0 Å². The number of ether oxygens (including phenoxy) is 1. The topological polar surface area (TPSA) is 85.5 Å². The quantitative estimate of drug-likeness (QED) is 0.866. The van der Waals surface area contributed by atoms with Gasteiger partial charge >= 0.3 is 0 Å². The minimum Gasteiger partial charge on any atom is -0.380 e. The molecule has 1 atom stereocenters. The van der Waals surface area contributed by atoms with Gasteiger partial charge in [0.2, 0.25) is 0 Å². The molecule has 2 N–H and O–H groups in total. The molecule has 96 valence electrons. The highest BCUT2D eigenvalue weighted by Crippen LogP contribution is 2.30. The van der Waals surface area contributed by atoms with Crippen molar-refractivity contribution in [2.75, 3.05) is 25.9 Å². The Kier molecular flexibility index (Phi) is 3.39. The maximum Gasteiger partial charge on any atom is 0.254 e. The molecule has 1 aromatic heterocycles. The van der Waals surface area contributed by atoms with Crippen molar-refractivity contribution in [1.82, 2.24) is 9.29 Å². The molecule has 17 heavy (non-hydrogen) atoms. The Morgan fingerprint density at radius 3 is 2.76 bits per heavy atom. The van der Waals surface area contributed by atoms with Crippen molar-refractivity contribution >= 4 is 26.5 Å². The molecule has 1 aliphatic heterocycles. The van der Waals surface area contributed by atoms with Gasteiger partial charge in [0, 0.05) is 20.2 Å². The summed E-state index contributed by atoms with van der Waals surface area (Å²) in [5.74, 6) is 0. The van der Waals surface area contributed by atoms with Gasteiger partial charge in [-0.15, -0.1) is 0 Å². The number of methoxy groups -OCH3 is 1. The second-order valence-electron chi connectivity index (χ2n) is 3.93. The zero-order valence-electron chi connectivity index (χ0n) is 9.71. The number of rotatable bonds is 3. The molecule has 8 heteroatoms. The Labute approximate surface area is 104 Å². The number of nitrogen functional groups attached to an aromatic ring is 1. The van der Waals surface area contributed by atoms with Crippen LogP contribution in [0.4, 0.5) is 5.13 Å². The first-order valence-corrected chi connectivity index (χ1v) is 7.46. The maximum atomic E-state index is 12.3. The SMILES string of the molecule is COC1CCN(S(=O)(=O)c2sc(N)nc2C)C1. The Bertz CT molecular complexity index is 512. The molecule has 0 saturated carbocycles. The third-order valence-electron chi connectivity index (χ3n) is 2.79. The van der Waals surface area contributed by atoms with E-state index in [9.17, 15) is 8.42 Å². The van der Waals surface area contributed by atoms with E-state index in [1.807, 2.05) is 0 Å². The molecule has 1 fully saturated rings. The van der Waals surface area contributed by atoms with E-state index < -0.39 is 10.0 Å². The first-order chi connectivity index (χ1) is 7.95. The summed E-state index contributed by atoms with van der Waals surface area (Å²) in [6, 6.07) is 0. The average Bonchev–Trinajstić information content (AvgIpc) is 2.85. The molecule has 1 unspecified atom stereocenters. The van der Waals surface area contributed by atoms with Gasteiger partial charge < -0.3 is 10.5 Å². The van der Waals surface area contributed by atoms with Gasteiger partial charge in [-0.25, -0.2) is 13.4 Å². The summed E-state index contributed by atoms with van der Waals surface area (Å²) < 4.78 is 31.5. The van der Waals surface area contributed by atoms with Crippen molar-refractivity contribution < 1.29 is 13.2 Å². The van der Waals surface area contributed by atoms with Gasteiger partial charge in [0.15, 0.2) is 9.34 Å². The first kappa shape index (κ1) is 12.7. The van der Waals surface area contributed by atoms with Crippen LogP contribution in [0.25, 0.3) is 0 Å². The Balaban J connectivity index is 2.28. The van der Waals surface area contributed by atoms with Crippen LogP contribution in [0, 0.1) is 6.92 Å². The molecule has 1 saturated heterocycles. The number of hydrogen-bond acceptors (Lipinski definition) is 6. The fraction of sp³-hybridized carbons (Fsp3) is 0.667. The van der Waals surface area contributed by atoms with E-state index in [-0.39, 0.29) is 15.4 Å². The molecule has 0 amide bonds. The molecule has 0 aliphatic carbocycles. The fourth-order valence-corrected chi connectivity index (χ4v) is 4.79. The number of aryl methyl sites for hydroxylation is 1.